The molecule has 0 amide bonds. The third-order valence-electron chi connectivity index (χ3n) is 6.44. The highest BCUT2D eigenvalue weighted by Gasteiger charge is 2.41. The Balaban J connectivity index is 1.88. The maximum absolute atomic E-state index is 10.8. The van der Waals surface area contributed by atoms with Gasteiger partial charge in [0.25, 0.3) is 0 Å². The number of rotatable bonds is 9. The van der Waals surface area contributed by atoms with E-state index >= 15 is 0 Å². The zero-order valence-electron chi connectivity index (χ0n) is 17.8. The minimum Gasteiger partial charge on any atom is -0.478 e. The Morgan fingerprint density at radius 3 is 2.62 bits per heavy atom. The Labute approximate surface area is 179 Å². The van der Waals surface area contributed by atoms with Gasteiger partial charge in [0, 0.05) is 17.9 Å². The van der Waals surface area contributed by atoms with Crippen LogP contribution in [-0.4, -0.2) is 45.9 Å². The summed E-state index contributed by atoms with van der Waals surface area (Å²) in [7, 11) is 0. The van der Waals surface area contributed by atoms with Gasteiger partial charge in [0.1, 0.15) is 0 Å². The van der Waals surface area contributed by atoms with Crippen molar-refractivity contribution >= 4 is 35.8 Å². The summed E-state index contributed by atoms with van der Waals surface area (Å²) < 4.78 is 0. The van der Waals surface area contributed by atoms with E-state index in [0.717, 1.165) is 23.2 Å². The van der Waals surface area contributed by atoms with Crippen LogP contribution < -0.4 is 0 Å². The van der Waals surface area contributed by atoms with Gasteiger partial charge in [0.2, 0.25) is 0 Å². The number of nitrogens with zero attached hydrogens (tertiary/aromatic N) is 2. The lowest BCUT2D eigenvalue weighted by Gasteiger charge is -2.44. The van der Waals surface area contributed by atoms with E-state index in [2.05, 4.69) is 30.5 Å². The molecule has 0 bridgehead atoms. The van der Waals surface area contributed by atoms with Crippen molar-refractivity contribution in [1.29, 1.82) is 0 Å². The molecule has 0 unspecified atom stereocenters. The molecule has 0 heterocycles. The molecule has 1 aromatic carbocycles. The van der Waals surface area contributed by atoms with Crippen molar-refractivity contribution in [3.8, 4) is 0 Å². The number of carboxylic acids is 1. The highest BCUT2D eigenvalue weighted by atomic mass is 32.2. The topological polar surface area (TPSA) is 52.9 Å². The van der Waals surface area contributed by atoms with Crippen molar-refractivity contribution < 1.29 is 9.90 Å². The smallest absolute Gasteiger partial charge is 0.328 e. The lowest BCUT2D eigenvalue weighted by atomic mass is 9.95. The van der Waals surface area contributed by atoms with Crippen molar-refractivity contribution in [2.24, 2.45) is 4.99 Å². The minimum absolute atomic E-state index is 0.258. The van der Waals surface area contributed by atoms with Gasteiger partial charge in [-0.25, -0.2) is 9.79 Å². The molecule has 2 aliphatic carbocycles. The van der Waals surface area contributed by atoms with E-state index in [4.69, 9.17) is 10.1 Å². The molecule has 3 rings (SSSR count). The lowest BCUT2D eigenvalue weighted by molar-refractivity contribution is -0.131. The maximum atomic E-state index is 10.8. The van der Waals surface area contributed by atoms with Gasteiger partial charge in [0.05, 0.1) is 17.6 Å². The van der Waals surface area contributed by atoms with Gasteiger partial charge in [-0.15, -0.1) is 0 Å². The number of carbonyl (C=O) groups is 1. The molecule has 2 saturated carbocycles. The van der Waals surface area contributed by atoms with Gasteiger partial charge in [0.15, 0.2) is 0 Å². The fourth-order valence-electron chi connectivity index (χ4n) is 4.98. The first kappa shape index (κ1) is 21.9. The first-order valence-corrected chi connectivity index (χ1v) is 12.3. The molecule has 0 aliphatic heterocycles. The second kappa shape index (κ2) is 10.3. The summed E-state index contributed by atoms with van der Waals surface area (Å²) >= 11 is 1.97. The van der Waals surface area contributed by atoms with E-state index in [1.165, 1.54) is 63.2 Å². The molecular weight excluding hydrogens is 380 g/mol. The molecule has 1 N–H and O–H groups in total. The zero-order chi connectivity index (χ0) is 20.7. The van der Waals surface area contributed by atoms with Crippen LogP contribution in [0.4, 0.5) is 5.69 Å². The maximum Gasteiger partial charge on any atom is 0.328 e. The Morgan fingerprint density at radius 1 is 1.28 bits per heavy atom. The van der Waals surface area contributed by atoms with Gasteiger partial charge in [-0.1, -0.05) is 38.7 Å². The van der Waals surface area contributed by atoms with Gasteiger partial charge < -0.3 is 10.0 Å². The quantitative estimate of drug-likeness (QED) is 0.309. The monoisotopic (exact) mass is 414 g/mol. The largest absolute Gasteiger partial charge is 0.478 e. The summed E-state index contributed by atoms with van der Waals surface area (Å²) in [6.07, 6.45) is 18.5. The predicted octanol–water partition coefficient (Wildman–Crippen LogP) is 5.93. The molecule has 2 fully saturated rings. The molecule has 2 aliphatic rings. The average Bonchev–Trinajstić information content (AvgIpc) is 3.40. The van der Waals surface area contributed by atoms with Crippen LogP contribution in [0, 0.1) is 0 Å². The number of benzene rings is 1. The van der Waals surface area contributed by atoms with Crippen LogP contribution in [0.15, 0.2) is 29.3 Å². The van der Waals surface area contributed by atoms with Crippen molar-refractivity contribution in [2.75, 3.05) is 12.0 Å². The number of aliphatic imine (C=N–C) groups is 1. The van der Waals surface area contributed by atoms with Crippen LogP contribution in [0.2, 0.25) is 0 Å². The van der Waals surface area contributed by atoms with Crippen LogP contribution in [0.5, 0.6) is 0 Å². The first-order chi connectivity index (χ1) is 14.1. The molecule has 29 heavy (non-hydrogen) atoms. The van der Waals surface area contributed by atoms with Crippen molar-refractivity contribution in [3.05, 3.63) is 35.4 Å². The Kier molecular flexibility index (Phi) is 7.82. The molecular formula is C24H34N2O2S. The summed E-state index contributed by atoms with van der Waals surface area (Å²) in [5, 5.41) is 8.86. The summed E-state index contributed by atoms with van der Waals surface area (Å²) in [4.78, 5) is 18.4. The standard InChI is InChI=1S/C24H34N2O2S/c1-3-20-16-19(11-13-23(27)28)10-12-22(20)25-18-26(21-8-4-5-9-21)24(17-29-2)14-6-7-15-24/h10-13,16,18,21H,3-9,14-15,17H2,1-2H3,(H,27,28)/b13-11+,25-18?. The van der Waals surface area contributed by atoms with E-state index < -0.39 is 5.97 Å². The molecule has 0 spiro atoms. The Bertz CT molecular complexity index is 747. The summed E-state index contributed by atoms with van der Waals surface area (Å²) in [5.41, 5.74) is 3.32. The second-order valence-corrected chi connectivity index (χ2v) is 9.23. The second-order valence-electron chi connectivity index (χ2n) is 8.37. The zero-order valence-corrected chi connectivity index (χ0v) is 18.6. The molecule has 4 nitrogen and oxygen atoms in total. The van der Waals surface area contributed by atoms with Gasteiger partial charge in [-0.05, 0) is 67.7 Å². The molecule has 0 atom stereocenters. The number of hydrogen-bond acceptors (Lipinski definition) is 3. The van der Waals surface area contributed by atoms with Crippen LogP contribution >= 0.6 is 11.8 Å². The highest BCUT2D eigenvalue weighted by molar-refractivity contribution is 7.98. The Hall–Kier alpha value is -1.75. The van der Waals surface area contributed by atoms with Crippen molar-refractivity contribution in [1.82, 2.24) is 4.90 Å². The van der Waals surface area contributed by atoms with Gasteiger partial charge in [-0.3, -0.25) is 0 Å². The molecule has 1 aromatic rings. The van der Waals surface area contributed by atoms with E-state index in [1.807, 2.05) is 23.9 Å². The lowest BCUT2D eigenvalue weighted by Crippen LogP contribution is -2.52. The van der Waals surface area contributed by atoms with Crippen LogP contribution in [-0.2, 0) is 11.2 Å². The first-order valence-electron chi connectivity index (χ1n) is 10.9. The summed E-state index contributed by atoms with van der Waals surface area (Å²) in [6.45, 7) is 2.12. The predicted molar refractivity (Wildman–Crippen MR) is 124 cm³/mol. The molecule has 0 saturated heterocycles. The highest BCUT2D eigenvalue weighted by Crippen LogP contribution is 2.41. The normalized spacial score (nSPS) is 19.5. The van der Waals surface area contributed by atoms with E-state index in [-0.39, 0.29) is 5.54 Å². The summed E-state index contributed by atoms with van der Waals surface area (Å²) in [6, 6.07) is 6.66. The number of thioether (sulfide) groups is 1. The summed E-state index contributed by atoms with van der Waals surface area (Å²) in [5.74, 6) is 0.253. The third-order valence-corrected chi connectivity index (χ3v) is 7.26. The van der Waals surface area contributed by atoms with Gasteiger partial charge >= 0.3 is 5.97 Å². The van der Waals surface area contributed by atoms with E-state index in [0.29, 0.717) is 6.04 Å². The van der Waals surface area contributed by atoms with E-state index in [1.54, 1.807) is 6.08 Å². The fraction of sp³-hybridized carbons (Fsp3) is 0.583. The Morgan fingerprint density at radius 2 is 2.00 bits per heavy atom. The van der Waals surface area contributed by atoms with Crippen LogP contribution in [0.25, 0.3) is 6.08 Å². The number of hydrogen-bond donors (Lipinski definition) is 1. The molecule has 158 valence electrons. The van der Waals surface area contributed by atoms with Crippen molar-refractivity contribution in [2.45, 2.75) is 76.3 Å². The van der Waals surface area contributed by atoms with E-state index in [9.17, 15) is 4.79 Å². The SMILES string of the molecule is CCc1cc(/C=C/C(=O)O)ccc1N=CN(C1CCCC1)C1(CSC)CCCC1. The molecule has 0 aromatic heterocycles. The minimum atomic E-state index is -0.923. The third kappa shape index (κ3) is 5.44. The van der Waals surface area contributed by atoms with Gasteiger partial charge in [-0.2, -0.15) is 11.8 Å². The number of aryl methyl sites for hydroxylation is 1. The fourth-order valence-corrected chi connectivity index (χ4v) is 5.95. The van der Waals surface area contributed by atoms with Crippen LogP contribution in [0.1, 0.15) is 69.4 Å². The molecule has 0 radical (unpaired) electrons. The average molecular weight is 415 g/mol. The number of carboxylic acid groups (broad SMARTS) is 1. The molecule has 5 heteroatoms. The van der Waals surface area contributed by atoms with Crippen molar-refractivity contribution in [3.63, 3.8) is 0 Å². The number of aliphatic carboxylic acids is 1. The van der Waals surface area contributed by atoms with Crippen LogP contribution in [0.3, 0.4) is 0 Å².